The van der Waals surface area contributed by atoms with E-state index < -0.39 is 6.04 Å². The van der Waals surface area contributed by atoms with Crippen LogP contribution < -0.4 is 24.4 Å². The fraction of sp³-hybridized carbons (Fsp3) is 0.242. The van der Waals surface area contributed by atoms with Gasteiger partial charge in [-0.1, -0.05) is 77.0 Å². The first kappa shape index (κ1) is 30.6. The summed E-state index contributed by atoms with van der Waals surface area (Å²) >= 11 is 14.1. The van der Waals surface area contributed by atoms with Crippen LogP contribution >= 0.6 is 34.5 Å². The third kappa shape index (κ3) is 6.27. The average molecular weight is 637 g/mol. The van der Waals surface area contributed by atoms with Crippen molar-refractivity contribution in [2.24, 2.45) is 4.99 Å². The van der Waals surface area contributed by atoms with Gasteiger partial charge in [-0.25, -0.2) is 4.99 Å². The molecule has 222 valence electrons. The van der Waals surface area contributed by atoms with Crippen LogP contribution in [0.5, 0.6) is 11.5 Å². The molecule has 5 rings (SSSR count). The normalized spacial score (nSPS) is 14.7. The molecule has 0 aliphatic carbocycles. The van der Waals surface area contributed by atoms with Gasteiger partial charge in [0.05, 0.1) is 34.0 Å². The maximum absolute atomic E-state index is 14.0. The quantitative estimate of drug-likeness (QED) is 0.226. The van der Waals surface area contributed by atoms with Gasteiger partial charge in [0.25, 0.3) is 11.5 Å². The number of carbonyl (C=O) groups excluding carboxylic acids is 1. The first-order chi connectivity index (χ1) is 20.7. The number of methoxy groups -OCH3 is 1. The van der Waals surface area contributed by atoms with Crippen LogP contribution in [0.15, 0.2) is 87.8 Å². The molecule has 0 spiro atoms. The fourth-order valence-corrected chi connectivity index (χ4v) is 6.53. The second kappa shape index (κ2) is 13.2. The van der Waals surface area contributed by atoms with Crippen molar-refractivity contribution in [3.63, 3.8) is 0 Å². The smallest absolute Gasteiger partial charge is 0.271 e. The lowest BCUT2D eigenvalue weighted by Gasteiger charge is -2.29. The fourth-order valence-electron chi connectivity index (χ4n) is 5.08. The summed E-state index contributed by atoms with van der Waals surface area (Å²) in [7, 11) is 1.54. The average Bonchev–Trinajstić information content (AvgIpc) is 3.30. The number of ether oxygens (including phenoxy) is 2. The number of halogens is 2. The second-order valence-corrected chi connectivity index (χ2v) is 11.8. The van der Waals surface area contributed by atoms with Crippen LogP contribution in [0.25, 0.3) is 6.08 Å². The zero-order valence-electron chi connectivity index (χ0n) is 24.3. The summed E-state index contributed by atoms with van der Waals surface area (Å²) in [4.78, 5) is 34.8. The molecule has 1 aliphatic rings. The van der Waals surface area contributed by atoms with Gasteiger partial charge in [-0.2, -0.15) is 0 Å². The topological polar surface area (TPSA) is 73.1 Å². The van der Waals surface area contributed by atoms with Gasteiger partial charge in [-0.15, -0.1) is 0 Å². The van der Waals surface area contributed by atoms with Gasteiger partial charge in [0.1, 0.15) is 6.61 Å². The van der Waals surface area contributed by atoms with E-state index in [1.165, 1.54) is 11.3 Å². The van der Waals surface area contributed by atoms with Crippen LogP contribution in [-0.4, -0.2) is 35.6 Å². The minimum atomic E-state index is -0.657. The van der Waals surface area contributed by atoms with Crippen molar-refractivity contribution in [2.75, 3.05) is 20.2 Å². The van der Waals surface area contributed by atoms with E-state index in [0.717, 1.165) is 11.1 Å². The highest BCUT2D eigenvalue weighted by Gasteiger charge is 2.34. The highest BCUT2D eigenvalue weighted by molar-refractivity contribution is 7.07. The van der Waals surface area contributed by atoms with E-state index in [1.54, 1.807) is 46.9 Å². The molecule has 0 N–H and O–H groups in total. The molecular formula is C33H31Cl2N3O4S. The molecule has 43 heavy (non-hydrogen) atoms. The Morgan fingerprint density at radius 1 is 1.07 bits per heavy atom. The lowest BCUT2D eigenvalue weighted by atomic mass is 9.94. The Morgan fingerprint density at radius 3 is 2.42 bits per heavy atom. The first-order valence-electron chi connectivity index (χ1n) is 13.9. The number of thiazole rings is 1. The third-order valence-corrected chi connectivity index (χ3v) is 8.78. The minimum Gasteiger partial charge on any atom is -0.493 e. The predicted octanol–water partition coefficient (Wildman–Crippen LogP) is 6.00. The summed E-state index contributed by atoms with van der Waals surface area (Å²) in [6.07, 6.45) is 1.75. The molecule has 1 aromatic heterocycles. The lowest BCUT2D eigenvalue weighted by Crippen LogP contribution is -2.43. The summed E-state index contributed by atoms with van der Waals surface area (Å²) in [5, 5.41) is 0.923. The summed E-state index contributed by atoms with van der Waals surface area (Å²) in [6, 6.07) is 19.8. The van der Waals surface area contributed by atoms with E-state index in [-0.39, 0.29) is 11.5 Å². The zero-order valence-corrected chi connectivity index (χ0v) is 26.6. The number of aromatic nitrogens is 1. The van der Waals surface area contributed by atoms with Gasteiger partial charge in [-0.3, -0.25) is 14.2 Å². The number of allylic oxidation sites excluding steroid dienone is 1. The molecule has 1 aliphatic heterocycles. The van der Waals surface area contributed by atoms with Crippen LogP contribution in [0.1, 0.15) is 43.5 Å². The highest BCUT2D eigenvalue weighted by Crippen LogP contribution is 2.37. The van der Waals surface area contributed by atoms with Crippen molar-refractivity contribution in [1.29, 1.82) is 0 Å². The van der Waals surface area contributed by atoms with Crippen molar-refractivity contribution in [2.45, 2.75) is 33.4 Å². The molecule has 0 saturated carbocycles. The molecule has 4 aromatic rings. The highest BCUT2D eigenvalue weighted by atomic mass is 35.5. The molecule has 0 fully saturated rings. The molecule has 0 bridgehead atoms. The van der Waals surface area contributed by atoms with Crippen LogP contribution in [0.3, 0.4) is 0 Å². The Morgan fingerprint density at radius 2 is 1.77 bits per heavy atom. The molecule has 7 nitrogen and oxygen atoms in total. The summed E-state index contributed by atoms with van der Waals surface area (Å²) in [5.74, 6) is 0.720. The van der Waals surface area contributed by atoms with Crippen LogP contribution in [0.4, 0.5) is 0 Å². The maximum Gasteiger partial charge on any atom is 0.271 e. The maximum atomic E-state index is 14.0. The van der Waals surface area contributed by atoms with Crippen molar-refractivity contribution < 1.29 is 14.3 Å². The molecule has 0 unspecified atom stereocenters. The van der Waals surface area contributed by atoms with Gasteiger partial charge in [-0.05, 0) is 67.8 Å². The Kier molecular flexibility index (Phi) is 9.40. The number of rotatable bonds is 9. The van der Waals surface area contributed by atoms with E-state index in [9.17, 15) is 9.59 Å². The largest absolute Gasteiger partial charge is 0.493 e. The molecule has 3 aromatic carbocycles. The van der Waals surface area contributed by atoms with E-state index >= 15 is 0 Å². The number of hydrogen-bond donors (Lipinski definition) is 0. The van der Waals surface area contributed by atoms with E-state index in [0.29, 0.717) is 67.4 Å². The number of likely N-dealkylation sites (N-methyl/N-ethyl adjacent to an activating group) is 1. The second-order valence-electron chi connectivity index (χ2n) is 9.92. The van der Waals surface area contributed by atoms with E-state index in [4.69, 9.17) is 37.7 Å². The van der Waals surface area contributed by atoms with Gasteiger partial charge in [0.15, 0.2) is 16.3 Å². The number of fused-ring (bicyclic) bond motifs is 1. The summed E-state index contributed by atoms with van der Waals surface area (Å²) in [6.45, 7) is 7.08. The van der Waals surface area contributed by atoms with Crippen LogP contribution in [-0.2, 0) is 11.4 Å². The van der Waals surface area contributed by atoms with Gasteiger partial charge in [0.2, 0.25) is 0 Å². The molecular weight excluding hydrogens is 605 g/mol. The number of amides is 1. The first-order valence-corrected chi connectivity index (χ1v) is 15.4. The van der Waals surface area contributed by atoms with Gasteiger partial charge < -0.3 is 14.4 Å². The third-order valence-electron chi connectivity index (χ3n) is 7.26. The van der Waals surface area contributed by atoms with Crippen LogP contribution in [0, 0.1) is 0 Å². The Hall–Kier alpha value is -3.85. The molecule has 1 amide bonds. The monoisotopic (exact) mass is 635 g/mol. The van der Waals surface area contributed by atoms with Gasteiger partial charge >= 0.3 is 0 Å². The number of hydrogen-bond acceptors (Lipinski definition) is 6. The van der Waals surface area contributed by atoms with E-state index in [2.05, 4.69) is 0 Å². The Labute approximate surface area is 263 Å². The number of nitrogens with zero attached hydrogens (tertiary/aromatic N) is 3. The van der Waals surface area contributed by atoms with Crippen molar-refractivity contribution in [3.8, 4) is 11.5 Å². The number of carbonyl (C=O) groups is 1. The van der Waals surface area contributed by atoms with Crippen molar-refractivity contribution in [1.82, 2.24) is 9.47 Å². The van der Waals surface area contributed by atoms with E-state index in [1.807, 2.05) is 63.2 Å². The summed E-state index contributed by atoms with van der Waals surface area (Å²) < 4.78 is 13.6. The zero-order chi connectivity index (χ0) is 30.7. The molecule has 10 heteroatoms. The van der Waals surface area contributed by atoms with Crippen molar-refractivity contribution >= 4 is 46.5 Å². The van der Waals surface area contributed by atoms with Gasteiger partial charge in [0, 0.05) is 18.1 Å². The number of benzene rings is 3. The van der Waals surface area contributed by atoms with Crippen molar-refractivity contribution in [3.05, 3.63) is 124 Å². The molecule has 2 heterocycles. The lowest BCUT2D eigenvalue weighted by molar-refractivity contribution is -0.127. The SMILES string of the molecule is CCN(CC)C(=O)C1=C(C)N=c2s/c(=C/c3cc(Cl)c(OCc4ccccc4)c(OC)c3)c(=O)n2[C@@H]1c1ccc(Cl)cc1. The van der Waals surface area contributed by atoms with Crippen LogP contribution in [0.2, 0.25) is 10.0 Å². The Bertz CT molecular complexity index is 1860. The summed E-state index contributed by atoms with van der Waals surface area (Å²) in [5.41, 5.74) is 3.21. The predicted molar refractivity (Wildman–Crippen MR) is 172 cm³/mol. The molecule has 1 atom stereocenters. The Balaban J connectivity index is 1.60. The minimum absolute atomic E-state index is 0.150. The molecule has 0 saturated heterocycles. The standard InChI is InChI=1S/C33H31Cl2N3O4S/c1-5-37(6-2)32(40)28-20(3)36-33-38(29(28)23-12-14-24(34)15-13-23)31(39)27(43-33)18-22-16-25(35)30(26(17-22)41-4)42-19-21-10-8-7-9-11-21/h7-18,29H,5-6,19H2,1-4H3/b27-18+/t29-/m1/s1. The molecule has 0 radical (unpaired) electrons.